The third-order valence-corrected chi connectivity index (χ3v) is 17.8. The number of ether oxygens (including phenoxy) is 1. The molecule has 0 aliphatic carbocycles. The third kappa shape index (κ3) is 67.6. The number of nitrogens with one attached hydrogen (secondary N) is 1. The van der Waals surface area contributed by atoms with E-state index in [2.05, 4.69) is 31.3 Å². The van der Waals surface area contributed by atoms with Gasteiger partial charge in [0.2, 0.25) is 5.91 Å². The van der Waals surface area contributed by atoms with Crippen molar-refractivity contribution in [2.24, 2.45) is 0 Å². The second kappa shape index (κ2) is 71.1. The number of hydrogen-bond donors (Lipinski definition) is 3. The fourth-order valence-corrected chi connectivity index (χ4v) is 12.1. The summed E-state index contributed by atoms with van der Waals surface area (Å²) in [5.74, 6) is -0.00391. The first-order chi connectivity index (χ1) is 40.0. The zero-order valence-corrected chi connectivity index (χ0v) is 55.3. The Labute approximate surface area is 508 Å². The molecule has 0 fully saturated rings. The Bertz CT molecular complexity index is 1220. The molecule has 0 saturated heterocycles. The number of rotatable bonds is 71. The van der Waals surface area contributed by atoms with Crippen molar-refractivity contribution in [3.05, 3.63) is 12.2 Å². The van der Waals surface area contributed by atoms with Gasteiger partial charge in [-0.25, -0.2) is 0 Å². The van der Waals surface area contributed by atoms with Gasteiger partial charge in [0.1, 0.15) is 0 Å². The van der Waals surface area contributed by atoms with Gasteiger partial charge in [-0.15, -0.1) is 0 Å². The third-order valence-electron chi connectivity index (χ3n) is 17.8. The molecule has 482 valence electrons. The zero-order chi connectivity index (χ0) is 58.5. The molecule has 0 radical (unpaired) electrons. The average molecular weight is 1140 g/mol. The van der Waals surface area contributed by atoms with Gasteiger partial charge < -0.3 is 20.3 Å². The number of aliphatic hydroxyl groups is 2. The minimum absolute atomic E-state index is 0.0240. The number of hydrogen-bond acceptors (Lipinski definition) is 5. The molecule has 0 aliphatic heterocycles. The van der Waals surface area contributed by atoms with E-state index >= 15 is 0 Å². The lowest BCUT2D eigenvalue weighted by atomic mass is 10.0. The molecule has 0 aliphatic rings. The maximum absolute atomic E-state index is 12.5. The Morgan fingerprint density at radius 2 is 0.580 bits per heavy atom. The second-order valence-electron chi connectivity index (χ2n) is 26.0. The first kappa shape index (κ1) is 79.6. The van der Waals surface area contributed by atoms with Gasteiger partial charge in [-0.3, -0.25) is 9.59 Å². The predicted molar refractivity (Wildman–Crippen MR) is 357 cm³/mol. The van der Waals surface area contributed by atoms with E-state index in [0.717, 1.165) is 38.5 Å². The maximum Gasteiger partial charge on any atom is 0.305 e. The molecule has 0 spiro atoms. The lowest BCUT2D eigenvalue weighted by Gasteiger charge is -2.22. The number of allylic oxidation sites excluding steroid dienone is 2. The van der Waals surface area contributed by atoms with Gasteiger partial charge in [0.15, 0.2) is 0 Å². The largest absolute Gasteiger partial charge is 0.466 e. The molecule has 2 atom stereocenters. The van der Waals surface area contributed by atoms with Crippen LogP contribution in [-0.2, 0) is 14.3 Å². The molecule has 3 N–H and O–H groups in total. The van der Waals surface area contributed by atoms with Crippen molar-refractivity contribution in [1.82, 2.24) is 5.32 Å². The SMILES string of the molecule is CCCCCCCCCCCCCCCC(O)C(CO)NC(=O)CCCCCCCCCCCCCCCCCCC/C=C\CCCCCCCCCCCCCCCCCCCCOC(=O)CCCCCCCCCCCCCC. The first-order valence-electron chi connectivity index (χ1n) is 37.4. The molecule has 0 aromatic rings. The summed E-state index contributed by atoms with van der Waals surface area (Å²) >= 11 is 0. The van der Waals surface area contributed by atoms with Gasteiger partial charge in [0.05, 0.1) is 25.4 Å². The van der Waals surface area contributed by atoms with E-state index in [1.807, 2.05) is 0 Å². The summed E-state index contributed by atoms with van der Waals surface area (Å²) in [7, 11) is 0. The summed E-state index contributed by atoms with van der Waals surface area (Å²) in [6, 6.07) is -0.536. The first-order valence-corrected chi connectivity index (χ1v) is 37.4. The Balaban J connectivity index is 3.30. The quantitative estimate of drug-likeness (QED) is 0.0320. The summed E-state index contributed by atoms with van der Waals surface area (Å²) in [5, 5.41) is 23.3. The van der Waals surface area contributed by atoms with E-state index in [0.29, 0.717) is 25.9 Å². The number of amides is 1. The van der Waals surface area contributed by atoms with Crippen molar-refractivity contribution in [3.63, 3.8) is 0 Å². The molecular formula is C75H147NO5. The van der Waals surface area contributed by atoms with Crippen molar-refractivity contribution in [2.75, 3.05) is 13.2 Å². The summed E-state index contributed by atoms with van der Waals surface area (Å²) in [6.07, 6.45) is 88.7. The van der Waals surface area contributed by atoms with Gasteiger partial charge in [-0.05, 0) is 51.4 Å². The van der Waals surface area contributed by atoms with Crippen molar-refractivity contribution < 1.29 is 24.5 Å². The average Bonchev–Trinajstić information content (AvgIpc) is 3.47. The van der Waals surface area contributed by atoms with Crippen LogP contribution < -0.4 is 5.32 Å². The summed E-state index contributed by atoms with van der Waals surface area (Å²) in [5.41, 5.74) is 0. The van der Waals surface area contributed by atoms with Crippen molar-refractivity contribution >= 4 is 11.9 Å². The molecule has 81 heavy (non-hydrogen) atoms. The van der Waals surface area contributed by atoms with Crippen LogP contribution in [0.15, 0.2) is 12.2 Å². The van der Waals surface area contributed by atoms with Gasteiger partial charge >= 0.3 is 5.97 Å². The van der Waals surface area contributed by atoms with Crippen LogP contribution in [0.1, 0.15) is 431 Å². The Hall–Kier alpha value is -1.40. The number of carbonyl (C=O) groups is 2. The Kier molecular flexibility index (Phi) is 69.9. The van der Waals surface area contributed by atoms with Crippen molar-refractivity contribution in [3.8, 4) is 0 Å². The molecule has 1 amide bonds. The fourth-order valence-electron chi connectivity index (χ4n) is 12.1. The van der Waals surface area contributed by atoms with Crippen LogP contribution in [0.25, 0.3) is 0 Å². The maximum atomic E-state index is 12.5. The Morgan fingerprint density at radius 3 is 0.877 bits per heavy atom. The molecule has 0 rings (SSSR count). The van der Waals surface area contributed by atoms with Crippen LogP contribution in [0, 0.1) is 0 Å². The van der Waals surface area contributed by atoms with E-state index in [-0.39, 0.29) is 18.5 Å². The normalized spacial score (nSPS) is 12.5. The highest BCUT2D eigenvalue weighted by Crippen LogP contribution is 2.20. The summed E-state index contributed by atoms with van der Waals surface area (Å²) in [4.78, 5) is 24.5. The molecular weight excluding hydrogens is 995 g/mol. The van der Waals surface area contributed by atoms with E-state index in [4.69, 9.17) is 4.74 Å². The summed E-state index contributed by atoms with van der Waals surface area (Å²) < 4.78 is 5.49. The van der Waals surface area contributed by atoms with Gasteiger partial charge in [-0.1, -0.05) is 379 Å². The van der Waals surface area contributed by atoms with E-state index in [1.54, 1.807) is 0 Å². The smallest absolute Gasteiger partial charge is 0.305 e. The van der Waals surface area contributed by atoms with Crippen LogP contribution in [0.5, 0.6) is 0 Å². The fraction of sp³-hybridized carbons (Fsp3) is 0.947. The molecule has 0 aromatic carbocycles. The van der Waals surface area contributed by atoms with Crippen LogP contribution >= 0.6 is 0 Å². The van der Waals surface area contributed by atoms with Gasteiger partial charge in [-0.2, -0.15) is 0 Å². The number of unbranched alkanes of at least 4 members (excludes halogenated alkanes) is 58. The minimum atomic E-state index is -0.659. The minimum Gasteiger partial charge on any atom is -0.466 e. The van der Waals surface area contributed by atoms with Gasteiger partial charge in [0.25, 0.3) is 0 Å². The topological polar surface area (TPSA) is 95.9 Å². The molecule has 6 heteroatoms. The number of carbonyl (C=O) groups excluding carboxylic acids is 2. The van der Waals surface area contributed by atoms with Crippen LogP contribution in [-0.4, -0.2) is 47.4 Å². The monoisotopic (exact) mass is 1140 g/mol. The highest BCUT2D eigenvalue weighted by molar-refractivity contribution is 5.76. The van der Waals surface area contributed by atoms with E-state index < -0.39 is 12.1 Å². The van der Waals surface area contributed by atoms with Crippen molar-refractivity contribution in [1.29, 1.82) is 0 Å². The molecule has 0 bridgehead atoms. The lowest BCUT2D eigenvalue weighted by Crippen LogP contribution is -2.45. The molecule has 6 nitrogen and oxygen atoms in total. The van der Waals surface area contributed by atoms with Crippen molar-refractivity contribution in [2.45, 2.75) is 443 Å². The highest BCUT2D eigenvalue weighted by atomic mass is 16.5. The summed E-state index contributed by atoms with van der Waals surface area (Å²) in [6.45, 7) is 4.99. The van der Waals surface area contributed by atoms with Crippen LogP contribution in [0.4, 0.5) is 0 Å². The van der Waals surface area contributed by atoms with E-state index in [1.165, 1.54) is 360 Å². The molecule has 0 aromatic heterocycles. The van der Waals surface area contributed by atoms with E-state index in [9.17, 15) is 19.8 Å². The molecule has 2 unspecified atom stereocenters. The highest BCUT2D eigenvalue weighted by Gasteiger charge is 2.20. The van der Waals surface area contributed by atoms with Crippen LogP contribution in [0.3, 0.4) is 0 Å². The zero-order valence-electron chi connectivity index (χ0n) is 55.3. The van der Waals surface area contributed by atoms with Gasteiger partial charge in [0, 0.05) is 12.8 Å². The van der Waals surface area contributed by atoms with Crippen LogP contribution in [0.2, 0.25) is 0 Å². The number of aliphatic hydroxyl groups excluding tert-OH is 2. The molecule has 0 saturated carbocycles. The molecule has 0 heterocycles. The Morgan fingerprint density at radius 1 is 0.333 bits per heavy atom. The lowest BCUT2D eigenvalue weighted by molar-refractivity contribution is -0.143. The predicted octanol–water partition coefficient (Wildman–Crippen LogP) is 24.3. The second-order valence-corrected chi connectivity index (χ2v) is 26.0. The standard InChI is InChI=1S/C75H147NO5/c1-3-5-7-9-11-13-15-44-47-51-55-59-63-67-73(78)72(71-77)76-74(79)68-64-60-56-52-48-45-42-40-38-36-34-32-30-28-26-24-22-20-18-17-19-21-23-25-27-29-31-33-35-37-39-41-43-46-50-54-58-62-66-70-81-75(80)69-65-61-57-53-49-16-14-12-10-8-6-4-2/h17-18,72-73,77-78H,3-16,19-71H2,1-2H3,(H,76,79)/b18-17-. The number of esters is 1.